The summed E-state index contributed by atoms with van der Waals surface area (Å²) in [5.74, 6) is 0.278. The molecule has 1 aromatic carbocycles. The number of piperidine rings is 3. The summed E-state index contributed by atoms with van der Waals surface area (Å²) < 4.78 is 5.65. The topological polar surface area (TPSA) is 55.6 Å². The Hall–Kier alpha value is -1.39. The number of nitrogens with two attached hydrogens (primary N) is 1. The van der Waals surface area contributed by atoms with Crippen molar-refractivity contribution in [2.24, 2.45) is 11.7 Å². The van der Waals surface area contributed by atoms with Crippen molar-refractivity contribution in [1.82, 2.24) is 4.90 Å². The molecule has 4 heteroatoms. The predicted octanol–water partition coefficient (Wildman–Crippen LogP) is 1.19. The Morgan fingerprint density at radius 1 is 1.30 bits per heavy atom. The third-order valence-corrected chi connectivity index (χ3v) is 4.46. The fourth-order valence-electron chi connectivity index (χ4n) is 3.23. The van der Waals surface area contributed by atoms with Gasteiger partial charge in [0.1, 0.15) is 12.1 Å². The molecule has 2 bridgehead atoms. The number of carbonyl (C=O) groups is 1. The molecule has 0 unspecified atom stereocenters. The van der Waals surface area contributed by atoms with Crippen molar-refractivity contribution in [3.05, 3.63) is 35.9 Å². The van der Waals surface area contributed by atoms with Gasteiger partial charge in [-0.25, -0.2) is 0 Å². The smallest absolute Gasteiger partial charge is 0.323 e. The molecule has 2 N–H and O–H groups in total. The minimum atomic E-state index is -0.562. The molecule has 0 saturated carbocycles. The molecule has 4 rings (SSSR count). The standard InChI is InChI=1S/C16H22N2O2/c17-14(10-12-4-2-1-3-5-12)16(19)20-15-11-18-8-6-13(15)7-9-18/h1-5,13-15H,6-11,17H2/t14-,15+/m1/s1. The van der Waals surface area contributed by atoms with Crippen LogP contribution < -0.4 is 5.73 Å². The van der Waals surface area contributed by atoms with Crippen LogP contribution in [0.1, 0.15) is 18.4 Å². The molecule has 20 heavy (non-hydrogen) atoms. The molecule has 3 fully saturated rings. The molecular formula is C16H22N2O2. The zero-order chi connectivity index (χ0) is 13.9. The molecule has 3 aliphatic rings. The fraction of sp³-hybridized carbons (Fsp3) is 0.562. The number of hydrogen-bond donors (Lipinski definition) is 1. The maximum Gasteiger partial charge on any atom is 0.323 e. The number of rotatable bonds is 4. The van der Waals surface area contributed by atoms with Crippen LogP contribution >= 0.6 is 0 Å². The van der Waals surface area contributed by atoms with Gasteiger partial charge in [-0.1, -0.05) is 30.3 Å². The summed E-state index contributed by atoms with van der Waals surface area (Å²) in [6.07, 6.45) is 2.88. The van der Waals surface area contributed by atoms with E-state index >= 15 is 0 Å². The van der Waals surface area contributed by atoms with Gasteiger partial charge >= 0.3 is 5.97 Å². The van der Waals surface area contributed by atoms with Crippen LogP contribution in [0, 0.1) is 5.92 Å². The Labute approximate surface area is 119 Å². The van der Waals surface area contributed by atoms with Gasteiger partial charge in [-0.3, -0.25) is 9.69 Å². The molecule has 4 nitrogen and oxygen atoms in total. The van der Waals surface area contributed by atoms with Gasteiger partial charge in [0.15, 0.2) is 0 Å². The number of hydrogen-bond acceptors (Lipinski definition) is 4. The van der Waals surface area contributed by atoms with E-state index in [1.54, 1.807) is 0 Å². The van der Waals surface area contributed by atoms with Crippen molar-refractivity contribution in [2.45, 2.75) is 31.4 Å². The van der Waals surface area contributed by atoms with E-state index < -0.39 is 6.04 Å². The van der Waals surface area contributed by atoms with E-state index in [1.165, 1.54) is 0 Å². The molecule has 1 aromatic rings. The summed E-state index contributed by atoms with van der Waals surface area (Å²) in [5.41, 5.74) is 7.05. The van der Waals surface area contributed by atoms with Gasteiger partial charge < -0.3 is 10.5 Å². The molecule has 3 aliphatic heterocycles. The number of benzene rings is 1. The van der Waals surface area contributed by atoms with E-state index in [2.05, 4.69) is 4.90 Å². The monoisotopic (exact) mass is 274 g/mol. The summed E-state index contributed by atoms with van der Waals surface area (Å²) in [6, 6.07) is 9.29. The second-order valence-corrected chi connectivity index (χ2v) is 5.91. The highest BCUT2D eigenvalue weighted by Crippen LogP contribution is 2.29. The van der Waals surface area contributed by atoms with Crippen molar-refractivity contribution in [3.63, 3.8) is 0 Å². The van der Waals surface area contributed by atoms with Gasteiger partial charge in [0.25, 0.3) is 0 Å². The molecule has 0 aliphatic carbocycles. The molecule has 3 saturated heterocycles. The molecule has 0 aromatic heterocycles. The summed E-state index contributed by atoms with van der Waals surface area (Å²) in [5, 5.41) is 0. The minimum Gasteiger partial charge on any atom is -0.460 e. The largest absolute Gasteiger partial charge is 0.460 e. The van der Waals surface area contributed by atoms with Crippen molar-refractivity contribution >= 4 is 5.97 Å². The number of fused-ring (bicyclic) bond motifs is 3. The molecule has 108 valence electrons. The van der Waals surface area contributed by atoms with Crippen LogP contribution in [-0.2, 0) is 16.0 Å². The molecular weight excluding hydrogens is 252 g/mol. The normalized spacial score (nSPS) is 29.9. The van der Waals surface area contributed by atoms with Crippen molar-refractivity contribution < 1.29 is 9.53 Å². The zero-order valence-corrected chi connectivity index (χ0v) is 11.7. The third-order valence-electron chi connectivity index (χ3n) is 4.46. The highest BCUT2D eigenvalue weighted by molar-refractivity contribution is 5.76. The average Bonchev–Trinajstić information content (AvgIpc) is 2.49. The maximum absolute atomic E-state index is 12.1. The van der Waals surface area contributed by atoms with Gasteiger partial charge in [0, 0.05) is 6.54 Å². The van der Waals surface area contributed by atoms with E-state index in [4.69, 9.17) is 10.5 Å². The lowest BCUT2D eigenvalue weighted by Gasteiger charge is -2.44. The number of carbonyl (C=O) groups excluding carboxylic acids is 1. The number of ether oxygens (including phenoxy) is 1. The van der Waals surface area contributed by atoms with E-state index in [1.807, 2.05) is 30.3 Å². The van der Waals surface area contributed by atoms with Crippen LogP contribution in [-0.4, -0.2) is 42.6 Å². The SMILES string of the molecule is N[C@H](Cc1ccccc1)C(=O)O[C@H]1CN2CCC1CC2. The Kier molecular flexibility index (Phi) is 4.03. The van der Waals surface area contributed by atoms with Gasteiger partial charge in [-0.15, -0.1) is 0 Å². The van der Waals surface area contributed by atoms with Crippen LogP contribution in [0.25, 0.3) is 0 Å². The number of esters is 1. The molecule has 0 spiro atoms. The zero-order valence-electron chi connectivity index (χ0n) is 11.7. The second-order valence-electron chi connectivity index (χ2n) is 5.91. The van der Waals surface area contributed by atoms with Crippen molar-refractivity contribution in [3.8, 4) is 0 Å². The Morgan fingerprint density at radius 2 is 2.00 bits per heavy atom. The van der Waals surface area contributed by atoms with Gasteiger partial charge in [-0.05, 0) is 43.8 Å². The number of nitrogens with zero attached hydrogens (tertiary/aromatic N) is 1. The Bertz CT molecular complexity index is 455. The van der Waals surface area contributed by atoms with Crippen LogP contribution in [0.4, 0.5) is 0 Å². The summed E-state index contributed by atoms with van der Waals surface area (Å²) in [7, 11) is 0. The van der Waals surface area contributed by atoms with Crippen LogP contribution in [0.3, 0.4) is 0 Å². The fourth-order valence-corrected chi connectivity index (χ4v) is 3.23. The third kappa shape index (κ3) is 3.02. The van der Waals surface area contributed by atoms with Gasteiger partial charge in [0.2, 0.25) is 0 Å². The van der Waals surface area contributed by atoms with E-state index in [0.717, 1.165) is 38.0 Å². The molecule has 0 radical (unpaired) electrons. The maximum atomic E-state index is 12.1. The van der Waals surface area contributed by atoms with E-state index in [0.29, 0.717) is 12.3 Å². The average molecular weight is 274 g/mol. The predicted molar refractivity (Wildman–Crippen MR) is 77.2 cm³/mol. The summed E-state index contributed by atoms with van der Waals surface area (Å²) >= 11 is 0. The molecule has 3 heterocycles. The lowest BCUT2D eigenvalue weighted by atomic mass is 9.86. The van der Waals surface area contributed by atoms with Crippen molar-refractivity contribution in [1.29, 1.82) is 0 Å². The quantitative estimate of drug-likeness (QED) is 0.838. The van der Waals surface area contributed by atoms with Crippen LogP contribution in [0.5, 0.6) is 0 Å². The lowest BCUT2D eigenvalue weighted by molar-refractivity contribution is -0.160. The van der Waals surface area contributed by atoms with Crippen LogP contribution in [0.2, 0.25) is 0 Å². The highest BCUT2D eigenvalue weighted by atomic mass is 16.5. The molecule has 2 atom stereocenters. The Balaban J connectivity index is 1.54. The Morgan fingerprint density at radius 3 is 2.60 bits per heavy atom. The highest BCUT2D eigenvalue weighted by Gasteiger charge is 2.37. The first-order chi connectivity index (χ1) is 9.72. The van der Waals surface area contributed by atoms with Crippen LogP contribution in [0.15, 0.2) is 30.3 Å². The van der Waals surface area contributed by atoms with Crippen molar-refractivity contribution in [2.75, 3.05) is 19.6 Å². The first kappa shape index (κ1) is 13.6. The second kappa shape index (κ2) is 5.94. The summed E-state index contributed by atoms with van der Waals surface area (Å²) in [6.45, 7) is 3.18. The van der Waals surface area contributed by atoms with Gasteiger partial charge in [0.05, 0.1) is 0 Å². The van der Waals surface area contributed by atoms with E-state index in [-0.39, 0.29) is 12.1 Å². The first-order valence-corrected chi connectivity index (χ1v) is 7.45. The lowest BCUT2D eigenvalue weighted by Crippen LogP contribution is -2.53. The van der Waals surface area contributed by atoms with Gasteiger partial charge in [-0.2, -0.15) is 0 Å². The van der Waals surface area contributed by atoms with E-state index in [9.17, 15) is 4.79 Å². The molecule has 0 amide bonds. The first-order valence-electron chi connectivity index (χ1n) is 7.45. The minimum absolute atomic E-state index is 0.0480. The summed E-state index contributed by atoms with van der Waals surface area (Å²) in [4.78, 5) is 14.5.